The molecule has 0 bridgehead atoms. The number of rotatable bonds is 9. The molecule has 0 atom stereocenters. The normalized spacial score (nSPS) is 11.2. The summed E-state index contributed by atoms with van der Waals surface area (Å²) in [6.45, 7) is 6.00. The maximum atomic E-state index is 5.22. The van der Waals surface area contributed by atoms with E-state index < -0.39 is 0 Å². The molecule has 0 amide bonds. The van der Waals surface area contributed by atoms with Crippen molar-refractivity contribution < 1.29 is 4.74 Å². The highest BCUT2D eigenvalue weighted by Crippen LogP contribution is 2.12. The van der Waals surface area contributed by atoms with Gasteiger partial charge in [0.15, 0.2) is 11.8 Å². The summed E-state index contributed by atoms with van der Waals surface area (Å²) in [6, 6.07) is 8.12. The number of nitrogens with one attached hydrogen (secondary N) is 2. The van der Waals surface area contributed by atoms with E-state index in [0.29, 0.717) is 6.54 Å². The van der Waals surface area contributed by atoms with Gasteiger partial charge < -0.3 is 19.9 Å². The molecule has 0 aliphatic carbocycles. The molecular formula is C21H30IN7OS. The summed E-state index contributed by atoms with van der Waals surface area (Å²) >= 11 is 1.73. The van der Waals surface area contributed by atoms with Crippen LogP contribution in [0, 0.1) is 13.8 Å². The third-order valence-corrected chi connectivity index (χ3v) is 5.70. The second-order valence-corrected chi connectivity index (χ2v) is 8.27. The zero-order chi connectivity index (χ0) is 21.3. The Balaban J connectivity index is 0.00000341. The molecule has 8 nitrogen and oxygen atoms in total. The molecule has 3 aromatic rings. The molecule has 0 fully saturated rings. The first-order chi connectivity index (χ1) is 14.5. The fourth-order valence-electron chi connectivity index (χ4n) is 2.84. The van der Waals surface area contributed by atoms with Crippen molar-refractivity contribution in [3.05, 3.63) is 57.6 Å². The minimum atomic E-state index is 0. The maximum absolute atomic E-state index is 5.22. The van der Waals surface area contributed by atoms with Gasteiger partial charge in [-0.2, -0.15) is 0 Å². The Labute approximate surface area is 204 Å². The molecule has 31 heavy (non-hydrogen) atoms. The van der Waals surface area contributed by atoms with Gasteiger partial charge >= 0.3 is 0 Å². The Morgan fingerprint density at radius 3 is 2.39 bits per heavy atom. The van der Waals surface area contributed by atoms with E-state index in [4.69, 9.17) is 9.73 Å². The van der Waals surface area contributed by atoms with Crippen LogP contribution >= 0.6 is 35.3 Å². The quantitative estimate of drug-likeness (QED) is 0.240. The molecule has 2 aromatic heterocycles. The number of halogens is 1. The summed E-state index contributed by atoms with van der Waals surface area (Å²) in [5.41, 5.74) is 1.24. The van der Waals surface area contributed by atoms with Gasteiger partial charge in [-0.05, 0) is 38.0 Å². The molecule has 0 aliphatic heterocycles. The van der Waals surface area contributed by atoms with Gasteiger partial charge in [0, 0.05) is 37.6 Å². The van der Waals surface area contributed by atoms with Crippen LogP contribution in [0.2, 0.25) is 0 Å². The SMILES string of the molecule is COc1ccc(CCNC(=NCc2nnc(C)n2C)NCCc2ncc(C)s2)cc1.I. The zero-order valence-electron chi connectivity index (χ0n) is 18.4. The fourth-order valence-corrected chi connectivity index (χ4v) is 3.62. The van der Waals surface area contributed by atoms with Crippen molar-refractivity contribution in [2.45, 2.75) is 33.2 Å². The molecule has 2 N–H and O–H groups in total. The van der Waals surface area contributed by atoms with Crippen LogP contribution in [0.3, 0.4) is 0 Å². The minimum absolute atomic E-state index is 0. The molecule has 0 unspecified atom stereocenters. The highest BCUT2D eigenvalue weighted by molar-refractivity contribution is 14.0. The van der Waals surface area contributed by atoms with Gasteiger partial charge in [-0.15, -0.1) is 45.5 Å². The number of ether oxygens (including phenoxy) is 1. The van der Waals surface area contributed by atoms with Crippen LogP contribution in [0.5, 0.6) is 5.75 Å². The fraction of sp³-hybridized carbons (Fsp3) is 0.429. The average Bonchev–Trinajstić information content (AvgIpc) is 3.31. The number of aliphatic imine (C=N–C) groups is 1. The van der Waals surface area contributed by atoms with Gasteiger partial charge in [-0.25, -0.2) is 9.98 Å². The van der Waals surface area contributed by atoms with E-state index in [1.54, 1.807) is 18.4 Å². The zero-order valence-corrected chi connectivity index (χ0v) is 21.5. The number of methoxy groups -OCH3 is 1. The van der Waals surface area contributed by atoms with E-state index in [1.807, 2.05) is 36.9 Å². The van der Waals surface area contributed by atoms with Crippen molar-refractivity contribution >= 4 is 41.3 Å². The Kier molecular flexibility index (Phi) is 10.2. The number of benzene rings is 1. The van der Waals surface area contributed by atoms with Gasteiger partial charge in [0.2, 0.25) is 0 Å². The van der Waals surface area contributed by atoms with Crippen LogP contribution in [0.25, 0.3) is 0 Å². The minimum Gasteiger partial charge on any atom is -0.497 e. The lowest BCUT2D eigenvalue weighted by atomic mass is 10.1. The molecule has 0 aliphatic rings. The summed E-state index contributed by atoms with van der Waals surface area (Å²) in [5, 5.41) is 16.2. The first-order valence-electron chi connectivity index (χ1n) is 9.96. The van der Waals surface area contributed by atoms with E-state index in [2.05, 4.69) is 44.9 Å². The molecular weight excluding hydrogens is 525 g/mol. The largest absolute Gasteiger partial charge is 0.497 e. The number of aromatic nitrogens is 4. The molecule has 168 valence electrons. The van der Waals surface area contributed by atoms with Crippen LogP contribution in [0.15, 0.2) is 35.5 Å². The van der Waals surface area contributed by atoms with Gasteiger partial charge in [-0.3, -0.25) is 0 Å². The third-order valence-electron chi connectivity index (χ3n) is 4.73. The Hall–Kier alpha value is -2.21. The van der Waals surface area contributed by atoms with Gasteiger partial charge in [0.05, 0.1) is 12.1 Å². The van der Waals surface area contributed by atoms with Crippen LogP contribution in [0.1, 0.15) is 27.1 Å². The van der Waals surface area contributed by atoms with E-state index >= 15 is 0 Å². The predicted octanol–water partition coefficient (Wildman–Crippen LogP) is 3.04. The van der Waals surface area contributed by atoms with Crippen molar-refractivity contribution in [3.63, 3.8) is 0 Å². The van der Waals surface area contributed by atoms with Crippen molar-refractivity contribution in [2.24, 2.45) is 12.0 Å². The Morgan fingerprint density at radius 1 is 1.10 bits per heavy atom. The molecule has 0 spiro atoms. The summed E-state index contributed by atoms with van der Waals surface area (Å²) in [7, 11) is 3.63. The van der Waals surface area contributed by atoms with Gasteiger partial charge in [-0.1, -0.05) is 12.1 Å². The summed E-state index contributed by atoms with van der Waals surface area (Å²) in [5.74, 6) is 3.34. The average molecular weight is 555 g/mol. The van der Waals surface area contributed by atoms with Gasteiger partial charge in [0.1, 0.15) is 18.1 Å². The molecule has 0 saturated carbocycles. The second kappa shape index (κ2) is 12.6. The predicted molar refractivity (Wildman–Crippen MR) is 136 cm³/mol. The lowest BCUT2D eigenvalue weighted by molar-refractivity contribution is 0.414. The molecule has 10 heteroatoms. The molecule has 0 radical (unpaired) electrons. The number of aryl methyl sites for hydroxylation is 2. The third kappa shape index (κ3) is 7.76. The highest BCUT2D eigenvalue weighted by atomic mass is 127. The van der Waals surface area contributed by atoms with Crippen molar-refractivity contribution in [3.8, 4) is 5.75 Å². The summed E-state index contributed by atoms with van der Waals surface area (Å²) < 4.78 is 7.17. The standard InChI is InChI=1S/C21H29N7OS.HI/c1-15-13-24-20(30-15)10-12-23-21(25-14-19-27-26-16(2)28(19)3)22-11-9-17-5-7-18(29-4)8-6-17;/h5-8,13H,9-12,14H2,1-4H3,(H2,22,23,25);1H. The lowest BCUT2D eigenvalue weighted by Crippen LogP contribution is -2.39. The van der Waals surface area contributed by atoms with Crippen LogP contribution in [-0.2, 0) is 26.4 Å². The number of guanidine groups is 1. The van der Waals surface area contributed by atoms with Crippen molar-refractivity contribution in [1.82, 2.24) is 30.4 Å². The summed E-state index contributed by atoms with van der Waals surface area (Å²) in [4.78, 5) is 10.4. The first-order valence-corrected chi connectivity index (χ1v) is 10.8. The van der Waals surface area contributed by atoms with Crippen LogP contribution < -0.4 is 15.4 Å². The number of hydrogen-bond donors (Lipinski definition) is 2. The summed E-state index contributed by atoms with van der Waals surface area (Å²) in [6.07, 6.45) is 3.67. The van der Waals surface area contributed by atoms with Crippen molar-refractivity contribution in [2.75, 3.05) is 20.2 Å². The van der Waals surface area contributed by atoms with E-state index in [1.165, 1.54) is 10.4 Å². The second-order valence-electron chi connectivity index (χ2n) is 6.95. The Morgan fingerprint density at radius 2 is 1.81 bits per heavy atom. The van der Waals surface area contributed by atoms with Crippen molar-refractivity contribution in [1.29, 1.82) is 0 Å². The molecule has 0 saturated heterocycles. The molecule has 2 heterocycles. The van der Waals surface area contributed by atoms with Crippen LogP contribution in [-0.4, -0.2) is 45.9 Å². The van der Waals surface area contributed by atoms with Gasteiger partial charge in [0.25, 0.3) is 0 Å². The van der Waals surface area contributed by atoms with Crippen LogP contribution in [0.4, 0.5) is 0 Å². The molecule has 3 rings (SSSR count). The number of nitrogens with zero attached hydrogens (tertiary/aromatic N) is 5. The highest BCUT2D eigenvalue weighted by Gasteiger charge is 2.06. The lowest BCUT2D eigenvalue weighted by Gasteiger charge is -2.12. The number of hydrogen-bond acceptors (Lipinski definition) is 6. The smallest absolute Gasteiger partial charge is 0.191 e. The van der Waals surface area contributed by atoms with E-state index in [0.717, 1.165) is 54.3 Å². The monoisotopic (exact) mass is 555 g/mol. The van der Waals surface area contributed by atoms with E-state index in [9.17, 15) is 0 Å². The first kappa shape index (κ1) is 25.1. The Bertz CT molecular complexity index is 969. The van der Waals surface area contributed by atoms with E-state index in [-0.39, 0.29) is 24.0 Å². The topological polar surface area (TPSA) is 89.2 Å². The molecule has 1 aromatic carbocycles. The maximum Gasteiger partial charge on any atom is 0.191 e. The number of thiazole rings is 1.